The van der Waals surface area contributed by atoms with E-state index in [0.29, 0.717) is 0 Å². The SMILES string of the molecule is CC1([Si](C)(C)Cl)C=CC=C1. The lowest BCUT2D eigenvalue weighted by Gasteiger charge is -2.30. The molecule has 0 radical (unpaired) electrons. The third kappa shape index (κ3) is 1.21. The van der Waals surface area contributed by atoms with E-state index in [9.17, 15) is 0 Å². The molecule has 0 amide bonds. The maximum Gasteiger partial charge on any atom is 0.163 e. The molecule has 1 rings (SSSR count). The van der Waals surface area contributed by atoms with Crippen LogP contribution < -0.4 is 0 Å². The number of halogens is 1. The van der Waals surface area contributed by atoms with Crippen LogP contribution in [-0.2, 0) is 0 Å². The van der Waals surface area contributed by atoms with Gasteiger partial charge in [-0.1, -0.05) is 44.3 Å². The first kappa shape index (κ1) is 8.09. The third-order valence-electron chi connectivity index (χ3n) is 2.28. The molecule has 0 heterocycles. The van der Waals surface area contributed by atoms with Crippen molar-refractivity contribution in [1.29, 1.82) is 0 Å². The number of rotatable bonds is 1. The van der Waals surface area contributed by atoms with Gasteiger partial charge in [-0.15, -0.1) is 0 Å². The van der Waals surface area contributed by atoms with Gasteiger partial charge >= 0.3 is 0 Å². The highest BCUT2D eigenvalue weighted by atomic mass is 35.6. The Morgan fingerprint density at radius 1 is 1.20 bits per heavy atom. The largest absolute Gasteiger partial charge is 0.166 e. The van der Waals surface area contributed by atoms with Gasteiger partial charge in [-0.05, 0) is 0 Å². The Morgan fingerprint density at radius 3 is 1.80 bits per heavy atom. The molecule has 0 aromatic rings. The smallest absolute Gasteiger partial charge is 0.163 e. The molecule has 0 fully saturated rings. The molecule has 2 heteroatoms. The van der Waals surface area contributed by atoms with Crippen molar-refractivity contribution in [3.8, 4) is 0 Å². The van der Waals surface area contributed by atoms with Gasteiger partial charge in [0.1, 0.15) is 0 Å². The summed E-state index contributed by atoms with van der Waals surface area (Å²) in [5.74, 6) is 0. The van der Waals surface area contributed by atoms with Crippen molar-refractivity contribution < 1.29 is 0 Å². The fourth-order valence-electron chi connectivity index (χ4n) is 0.963. The Balaban J connectivity index is 2.90. The third-order valence-corrected chi connectivity index (χ3v) is 6.39. The fourth-order valence-corrected chi connectivity index (χ4v) is 2.33. The standard InChI is InChI=1S/C8H13ClSi/c1-8(10(2,3)9)6-4-5-7-8/h4-7H,1-3H3. The van der Waals surface area contributed by atoms with E-state index in [1.165, 1.54) is 0 Å². The van der Waals surface area contributed by atoms with E-state index < -0.39 is 7.38 Å². The lowest BCUT2D eigenvalue weighted by molar-refractivity contribution is 0.943. The van der Waals surface area contributed by atoms with Crippen LogP contribution in [-0.4, -0.2) is 7.38 Å². The molecule has 0 bridgehead atoms. The van der Waals surface area contributed by atoms with Crippen LogP contribution in [0.25, 0.3) is 0 Å². The predicted molar refractivity (Wildman–Crippen MR) is 50.0 cm³/mol. The summed E-state index contributed by atoms with van der Waals surface area (Å²) in [5.41, 5.74) is 0. The molecule has 1 aliphatic rings. The minimum atomic E-state index is -1.55. The van der Waals surface area contributed by atoms with Gasteiger partial charge in [-0.25, -0.2) is 0 Å². The van der Waals surface area contributed by atoms with Crippen LogP contribution in [0.1, 0.15) is 6.92 Å². The fraction of sp³-hybridized carbons (Fsp3) is 0.500. The predicted octanol–water partition coefficient (Wildman–Crippen LogP) is 3.32. The molecule has 0 N–H and O–H groups in total. The maximum absolute atomic E-state index is 6.32. The maximum atomic E-state index is 6.32. The van der Waals surface area contributed by atoms with Gasteiger partial charge in [0.2, 0.25) is 0 Å². The van der Waals surface area contributed by atoms with E-state index in [2.05, 4.69) is 44.3 Å². The highest BCUT2D eigenvalue weighted by Gasteiger charge is 2.38. The van der Waals surface area contributed by atoms with Crippen LogP contribution in [0.2, 0.25) is 18.1 Å². The second-order valence-corrected chi connectivity index (χ2v) is 10.3. The van der Waals surface area contributed by atoms with Crippen molar-refractivity contribution in [2.75, 3.05) is 0 Å². The molecule has 0 aromatic heterocycles. The topological polar surface area (TPSA) is 0 Å². The molecular formula is C8H13ClSi. The molecular weight excluding hydrogens is 160 g/mol. The van der Waals surface area contributed by atoms with Crippen LogP contribution in [0.5, 0.6) is 0 Å². The van der Waals surface area contributed by atoms with Crippen LogP contribution in [0.15, 0.2) is 24.3 Å². The summed E-state index contributed by atoms with van der Waals surface area (Å²) < 4.78 is 0. The normalized spacial score (nSPS) is 22.0. The minimum absolute atomic E-state index is 0.175. The van der Waals surface area contributed by atoms with Crippen molar-refractivity contribution in [2.24, 2.45) is 0 Å². The van der Waals surface area contributed by atoms with E-state index in [4.69, 9.17) is 11.1 Å². The van der Waals surface area contributed by atoms with Gasteiger partial charge in [0.15, 0.2) is 7.38 Å². The lowest BCUT2D eigenvalue weighted by atomic mass is 10.2. The monoisotopic (exact) mass is 172 g/mol. The molecule has 1 aliphatic carbocycles. The Bertz CT molecular complexity index is 174. The van der Waals surface area contributed by atoms with Gasteiger partial charge in [-0.2, -0.15) is 11.1 Å². The highest BCUT2D eigenvalue weighted by Crippen LogP contribution is 2.45. The first-order chi connectivity index (χ1) is 4.46. The average Bonchev–Trinajstić information content (AvgIpc) is 2.13. The Morgan fingerprint density at radius 2 is 1.60 bits per heavy atom. The van der Waals surface area contributed by atoms with E-state index >= 15 is 0 Å². The van der Waals surface area contributed by atoms with Crippen LogP contribution in [0.3, 0.4) is 0 Å². The van der Waals surface area contributed by atoms with E-state index in [-0.39, 0.29) is 5.04 Å². The second-order valence-electron chi connectivity index (χ2n) is 3.47. The Hall–Kier alpha value is -0.0131. The number of allylic oxidation sites excluding steroid dienone is 4. The summed E-state index contributed by atoms with van der Waals surface area (Å²) in [5, 5.41) is 0.175. The van der Waals surface area contributed by atoms with Gasteiger partial charge in [0, 0.05) is 5.04 Å². The molecule has 10 heavy (non-hydrogen) atoms. The van der Waals surface area contributed by atoms with Crippen LogP contribution in [0.4, 0.5) is 0 Å². The van der Waals surface area contributed by atoms with Crippen molar-refractivity contribution in [1.82, 2.24) is 0 Å². The second kappa shape index (κ2) is 2.24. The quantitative estimate of drug-likeness (QED) is 0.421. The molecule has 0 aliphatic heterocycles. The first-order valence-corrected chi connectivity index (χ1v) is 7.53. The van der Waals surface area contributed by atoms with Crippen molar-refractivity contribution in [3.63, 3.8) is 0 Å². The lowest BCUT2D eigenvalue weighted by Crippen LogP contribution is -2.31. The van der Waals surface area contributed by atoms with Crippen molar-refractivity contribution in [3.05, 3.63) is 24.3 Å². The molecule has 0 spiro atoms. The van der Waals surface area contributed by atoms with Gasteiger partial charge in [0.05, 0.1) is 0 Å². The van der Waals surface area contributed by atoms with E-state index in [1.54, 1.807) is 0 Å². The van der Waals surface area contributed by atoms with Gasteiger partial charge in [0.25, 0.3) is 0 Å². The molecule has 56 valence electrons. The molecule has 0 atom stereocenters. The van der Waals surface area contributed by atoms with Gasteiger partial charge in [-0.3, -0.25) is 0 Å². The highest BCUT2D eigenvalue weighted by molar-refractivity contribution is 7.21. The zero-order valence-electron chi connectivity index (χ0n) is 6.69. The summed E-state index contributed by atoms with van der Waals surface area (Å²) in [4.78, 5) is 0. The average molecular weight is 173 g/mol. The molecule has 0 saturated heterocycles. The molecule has 0 aromatic carbocycles. The first-order valence-electron chi connectivity index (χ1n) is 3.52. The summed E-state index contributed by atoms with van der Waals surface area (Å²) in [6.07, 6.45) is 8.56. The van der Waals surface area contributed by atoms with Gasteiger partial charge < -0.3 is 0 Å². The molecule has 0 nitrogen and oxygen atoms in total. The Kier molecular flexibility index (Phi) is 1.81. The van der Waals surface area contributed by atoms with Crippen LogP contribution >= 0.6 is 11.1 Å². The Labute approximate surface area is 68.3 Å². The number of hydrogen-bond donors (Lipinski definition) is 0. The summed E-state index contributed by atoms with van der Waals surface area (Å²) in [6.45, 7) is 6.55. The molecule has 0 saturated carbocycles. The summed E-state index contributed by atoms with van der Waals surface area (Å²) >= 11 is 6.32. The van der Waals surface area contributed by atoms with Crippen LogP contribution in [0, 0.1) is 0 Å². The zero-order valence-corrected chi connectivity index (χ0v) is 8.44. The summed E-state index contributed by atoms with van der Waals surface area (Å²) in [6, 6.07) is 0. The minimum Gasteiger partial charge on any atom is -0.166 e. The molecule has 0 unspecified atom stereocenters. The van der Waals surface area contributed by atoms with E-state index in [1.807, 2.05) is 0 Å². The van der Waals surface area contributed by atoms with E-state index in [0.717, 1.165) is 0 Å². The van der Waals surface area contributed by atoms with Crippen molar-refractivity contribution in [2.45, 2.75) is 25.1 Å². The summed E-state index contributed by atoms with van der Waals surface area (Å²) in [7, 11) is -1.55. The zero-order chi connectivity index (χ0) is 7.83. The number of hydrogen-bond acceptors (Lipinski definition) is 0. The van der Waals surface area contributed by atoms with Crippen molar-refractivity contribution >= 4 is 18.5 Å².